The van der Waals surface area contributed by atoms with Crippen molar-refractivity contribution in [2.24, 2.45) is 0 Å². The van der Waals surface area contributed by atoms with Crippen LogP contribution < -0.4 is 5.56 Å². The zero-order valence-electron chi connectivity index (χ0n) is 15.2. The number of rotatable bonds is 3. The second-order valence-electron chi connectivity index (χ2n) is 6.73. The molecule has 0 bridgehead atoms. The minimum Gasteiger partial charge on any atom is -0.301 e. The zero-order chi connectivity index (χ0) is 19.1. The molecule has 0 spiro atoms. The van der Waals surface area contributed by atoms with E-state index in [0.29, 0.717) is 10.4 Å². The van der Waals surface area contributed by atoms with Crippen molar-refractivity contribution in [1.29, 1.82) is 0 Å². The number of benzene rings is 2. The summed E-state index contributed by atoms with van der Waals surface area (Å²) in [5.41, 5.74) is 3.74. The summed E-state index contributed by atoms with van der Waals surface area (Å²) in [6.07, 6.45) is 2.79. The quantitative estimate of drug-likeness (QED) is 0.333. The monoisotopic (exact) mass is 422 g/mol. The molecule has 0 amide bonds. The summed E-state index contributed by atoms with van der Waals surface area (Å²) in [5.74, 6) is 0. The van der Waals surface area contributed by atoms with Crippen molar-refractivity contribution in [2.75, 3.05) is 6.26 Å². The fourth-order valence-corrected chi connectivity index (χ4v) is 7.20. The van der Waals surface area contributed by atoms with Crippen LogP contribution in [-0.4, -0.2) is 16.2 Å². The summed E-state index contributed by atoms with van der Waals surface area (Å²) in [5, 5.41) is 1.99. The number of aromatic amines is 1. The molecular formula is C22H18N2OS3. The van der Waals surface area contributed by atoms with E-state index in [1.165, 1.54) is 33.3 Å². The van der Waals surface area contributed by atoms with Gasteiger partial charge in [0.2, 0.25) is 0 Å². The van der Waals surface area contributed by atoms with Crippen LogP contribution in [0.3, 0.4) is 0 Å². The fraction of sp³-hybridized carbons (Fsp3) is 0.182. The number of H-pyrrole nitrogens is 1. The minimum absolute atomic E-state index is 0.0163. The topological polar surface area (TPSA) is 45.8 Å². The number of hydrogen-bond acceptors (Lipinski definition) is 5. The Labute approximate surface area is 175 Å². The molecule has 4 aromatic rings. The second-order valence-corrected chi connectivity index (χ2v) is 9.87. The third-order valence-corrected chi connectivity index (χ3v) is 8.53. The Morgan fingerprint density at radius 3 is 2.39 bits per heavy atom. The van der Waals surface area contributed by atoms with E-state index in [-0.39, 0.29) is 10.8 Å². The van der Waals surface area contributed by atoms with Crippen LogP contribution >= 0.6 is 34.9 Å². The van der Waals surface area contributed by atoms with Gasteiger partial charge < -0.3 is 4.98 Å². The smallest absolute Gasteiger partial charge is 0.260 e. The van der Waals surface area contributed by atoms with Crippen molar-refractivity contribution in [3.05, 3.63) is 92.6 Å². The van der Waals surface area contributed by atoms with Gasteiger partial charge in [-0.2, -0.15) is 0 Å². The van der Waals surface area contributed by atoms with Crippen molar-refractivity contribution in [3.63, 3.8) is 0 Å². The van der Waals surface area contributed by atoms with E-state index in [1.54, 1.807) is 11.3 Å². The summed E-state index contributed by atoms with van der Waals surface area (Å²) < 4.78 is 0. The number of thioether (sulfide) groups is 2. The Kier molecular flexibility index (Phi) is 4.78. The van der Waals surface area contributed by atoms with Crippen molar-refractivity contribution >= 4 is 45.1 Å². The Hall–Kier alpha value is -2.02. The number of nitrogens with zero attached hydrogens (tertiary/aromatic N) is 1. The zero-order valence-corrected chi connectivity index (χ0v) is 17.7. The molecule has 2 aromatic carbocycles. The van der Waals surface area contributed by atoms with Crippen LogP contribution in [0.2, 0.25) is 0 Å². The van der Waals surface area contributed by atoms with Crippen molar-refractivity contribution in [2.45, 2.75) is 22.1 Å². The van der Waals surface area contributed by atoms with Crippen molar-refractivity contribution in [1.82, 2.24) is 9.97 Å². The van der Waals surface area contributed by atoms with E-state index in [2.05, 4.69) is 65.6 Å². The first-order valence-electron chi connectivity index (χ1n) is 9.09. The van der Waals surface area contributed by atoms with Gasteiger partial charge in [-0.15, -0.1) is 23.1 Å². The molecule has 0 aliphatic carbocycles. The number of aromatic nitrogens is 2. The molecule has 28 heavy (non-hydrogen) atoms. The number of hydrogen-bond donors (Lipinski definition) is 1. The Balaban J connectivity index is 1.72. The summed E-state index contributed by atoms with van der Waals surface area (Å²) in [6, 6.07) is 21.2. The number of nitrogens with one attached hydrogen (secondary N) is 1. The lowest BCUT2D eigenvalue weighted by molar-refractivity contribution is 0.891. The van der Waals surface area contributed by atoms with Gasteiger partial charge in [-0.3, -0.25) is 4.79 Å². The van der Waals surface area contributed by atoms with E-state index in [1.807, 2.05) is 18.0 Å². The molecule has 0 saturated heterocycles. The molecule has 1 aliphatic heterocycles. The minimum atomic E-state index is -0.0163. The van der Waals surface area contributed by atoms with Gasteiger partial charge >= 0.3 is 0 Å². The molecule has 0 saturated carbocycles. The predicted molar refractivity (Wildman–Crippen MR) is 121 cm³/mol. The van der Waals surface area contributed by atoms with Crippen molar-refractivity contribution in [3.8, 4) is 0 Å². The number of thiophene rings is 1. The lowest BCUT2D eigenvalue weighted by Gasteiger charge is -2.29. The van der Waals surface area contributed by atoms with E-state index in [4.69, 9.17) is 4.98 Å². The molecule has 0 radical (unpaired) electrons. The van der Waals surface area contributed by atoms with Crippen LogP contribution in [-0.2, 0) is 6.42 Å². The predicted octanol–water partition coefficient (Wildman–Crippen LogP) is 5.83. The molecule has 1 aliphatic rings. The van der Waals surface area contributed by atoms with E-state index < -0.39 is 0 Å². The molecule has 3 nitrogen and oxygen atoms in total. The Morgan fingerprint density at radius 2 is 1.71 bits per heavy atom. The summed E-state index contributed by atoms with van der Waals surface area (Å²) >= 11 is 5.13. The molecule has 0 unspecified atom stereocenters. The molecule has 1 N–H and O–H groups in total. The highest BCUT2D eigenvalue weighted by atomic mass is 32.2. The van der Waals surface area contributed by atoms with Gasteiger partial charge in [0.05, 0.1) is 10.6 Å². The second kappa shape index (κ2) is 7.43. The standard InChI is InChI=1S/C22H18N2OS3/c1-26-22-23-20(25)17-15-12-16(13-8-4-2-5-9-13)27-18(14-10-6-3-7-11-14)19(15)28-21(17)24-22/h2-11,16,18H,12H2,1H3,(H,23,24,25)/t16-,18-/m0/s1. The SMILES string of the molecule is CSc1nc2sc3c(c2c(=O)[nH]1)C[C@@H](c1ccccc1)S[C@H]3c1ccccc1. The third-order valence-electron chi connectivity index (χ3n) is 5.07. The van der Waals surface area contributed by atoms with Crippen molar-refractivity contribution < 1.29 is 0 Å². The van der Waals surface area contributed by atoms with Crippen LogP contribution in [0.15, 0.2) is 70.6 Å². The third kappa shape index (κ3) is 3.09. The van der Waals surface area contributed by atoms with Crippen LogP contribution in [0.4, 0.5) is 0 Å². The first-order chi connectivity index (χ1) is 13.7. The molecule has 0 fully saturated rings. The van der Waals surface area contributed by atoms with E-state index in [9.17, 15) is 4.79 Å². The molecule has 2 atom stereocenters. The largest absolute Gasteiger partial charge is 0.301 e. The Morgan fingerprint density at radius 1 is 1.04 bits per heavy atom. The highest BCUT2D eigenvalue weighted by molar-refractivity contribution is 8.00. The highest BCUT2D eigenvalue weighted by Crippen LogP contribution is 2.54. The van der Waals surface area contributed by atoms with Gasteiger partial charge in [0, 0.05) is 10.1 Å². The van der Waals surface area contributed by atoms with E-state index >= 15 is 0 Å². The van der Waals surface area contributed by atoms with Gasteiger partial charge in [-0.1, -0.05) is 72.4 Å². The lowest BCUT2D eigenvalue weighted by atomic mass is 9.98. The molecule has 140 valence electrons. The Bertz CT molecular complexity index is 1190. The van der Waals surface area contributed by atoms with Crippen LogP contribution in [0, 0.1) is 0 Å². The molecular weight excluding hydrogens is 404 g/mol. The van der Waals surface area contributed by atoms with Crippen LogP contribution in [0.25, 0.3) is 10.2 Å². The van der Waals surface area contributed by atoms with Gasteiger partial charge in [0.1, 0.15) is 4.83 Å². The fourth-order valence-electron chi connectivity index (χ4n) is 3.75. The average molecular weight is 423 g/mol. The van der Waals surface area contributed by atoms with Gasteiger partial charge in [-0.25, -0.2) is 4.98 Å². The highest BCUT2D eigenvalue weighted by Gasteiger charge is 2.34. The summed E-state index contributed by atoms with van der Waals surface area (Å²) in [6.45, 7) is 0. The van der Waals surface area contributed by atoms with Gasteiger partial charge in [-0.05, 0) is 29.4 Å². The molecule has 2 aromatic heterocycles. The van der Waals surface area contributed by atoms with Gasteiger partial charge in [0.15, 0.2) is 5.16 Å². The molecule has 3 heterocycles. The normalized spacial score (nSPS) is 18.9. The maximum Gasteiger partial charge on any atom is 0.260 e. The van der Waals surface area contributed by atoms with Gasteiger partial charge in [0.25, 0.3) is 5.56 Å². The first-order valence-corrected chi connectivity index (χ1v) is 12.1. The first kappa shape index (κ1) is 18.0. The maximum absolute atomic E-state index is 12.9. The summed E-state index contributed by atoms with van der Waals surface area (Å²) in [4.78, 5) is 22.6. The molecule has 5 rings (SSSR count). The summed E-state index contributed by atoms with van der Waals surface area (Å²) in [7, 11) is 0. The average Bonchev–Trinajstić information content (AvgIpc) is 3.13. The van der Waals surface area contributed by atoms with E-state index in [0.717, 1.165) is 16.6 Å². The molecule has 6 heteroatoms. The van der Waals surface area contributed by atoms with Crippen LogP contribution in [0.1, 0.15) is 32.1 Å². The number of fused-ring (bicyclic) bond motifs is 3. The lowest BCUT2D eigenvalue weighted by Crippen LogP contribution is -2.15. The maximum atomic E-state index is 12.9. The van der Waals surface area contributed by atoms with Crippen LogP contribution in [0.5, 0.6) is 0 Å².